The minimum atomic E-state index is -2.13. The Morgan fingerprint density at radius 2 is 0.393 bits per heavy atom. The van der Waals surface area contributed by atoms with Gasteiger partial charge in [-0.3, -0.25) is 0 Å². The second-order valence-corrected chi connectivity index (χ2v) is 37.0. The van der Waals surface area contributed by atoms with Gasteiger partial charge in [0.05, 0.1) is 138 Å². The third kappa shape index (κ3) is 27.9. The minimum Gasteiger partial charge on any atom is -0.478 e. The zero-order valence-corrected chi connectivity index (χ0v) is 78.4. The highest BCUT2D eigenvalue weighted by atomic mass is 32.2. The van der Waals surface area contributed by atoms with Crippen LogP contribution in [0, 0.1) is 0 Å². The fraction of sp³-hybridized carbons (Fsp3) is 0.173. The molecule has 3 atom stereocenters. The predicted octanol–water partition coefficient (Wildman–Crippen LogP) is 16.0. The standard InChI is InChI=1S/C38H38O9S.C34H26O13S.C32H26O11S/c1-37(2,3)25-11-7-23(8-12-25)21-46-35(43)30-18-16-27(19-31(30)34(41)42)48(45)28-15-17-29(33(39)40)32(20-28)36(44)47-22-24-9-13-26(14-10-24)38(4,5)6;1-44-31(39)21-7-3-19(4-8-21)17-46-33(41)26-14-12-23(15-27(26)30(37)38)48(43)24-11-13-25(29(35)36)28(16-24)34(42)47-18-20-5-9-22(10-6-20)32(40)45-2;33-15-19-1-5-21(6-2-19)17-42-31(39)26-12-10-23(13-27(26)30(37)38)44(41)24-9-11-25(29(35)36)28(14-24)32(40)43-18-22-7-3-20(16-34)4-8-22/h7-20H,21-22H2,1-6H3,(H,39,40)(H,41,42);3-16H,17-18H2,1-2H3,(H,35,36)(H,37,38);1-14,33-34H,15-18H2,(H,35,36)(H,37,38). The zero-order valence-electron chi connectivity index (χ0n) is 75.9. The van der Waals surface area contributed by atoms with E-state index in [4.69, 9.17) is 38.6 Å². The van der Waals surface area contributed by atoms with Gasteiger partial charge in [-0.25, -0.2) is 79.8 Å². The van der Waals surface area contributed by atoms with Gasteiger partial charge in [-0.2, -0.15) is 0 Å². The molecule has 36 heteroatoms. The number of aliphatic hydroxyl groups excluding tert-OH is 2. The average Bonchev–Trinajstić information content (AvgIpc) is 0.798. The first kappa shape index (κ1) is 106. The number of aliphatic hydroxyl groups is 2. The van der Waals surface area contributed by atoms with Crippen LogP contribution < -0.4 is 0 Å². The second-order valence-electron chi connectivity index (χ2n) is 32.6. The van der Waals surface area contributed by atoms with Crippen molar-refractivity contribution in [2.75, 3.05) is 14.2 Å². The van der Waals surface area contributed by atoms with E-state index in [2.05, 4.69) is 51.0 Å². The molecule has 8 N–H and O–H groups in total. The zero-order chi connectivity index (χ0) is 102. The van der Waals surface area contributed by atoms with E-state index in [1.54, 1.807) is 48.5 Å². The minimum absolute atomic E-state index is 0.00719. The molecule has 0 aromatic heterocycles. The molecule has 0 heterocycles. The monoisotopic (exact) mass is 1960 g/mol. The van der Waals surface area contributed by atoms with Crippen molar-refractivity contribution < 1.29 is 158 Å². The first-order chi connectivity index (χ1) is 66.5. The van der Waals surface area contributed by atoms with Crippen molar-refractivity contribution in [2.45, 2.75) is 135 Å². The molecule has 0 saturated heterocycles. The maximum absolute atomic E-state index is 13.6. The summed E-state index contributed by atoms with van der Waals surface area (Å²) in [6, 6.07) is 61.0. The molecule has 0 fully saturated rings. The number of benzene rings is 12. The Kier molecular flexibility index (Phi) is 36.1. The first-order valence-corrected chi connectivity index (χ1v) is 45.4. The van der Waals surface area contributed by atoms with Gasteiger partial charge in [0.2, 0.25) is 0 Å². The molecule has 0 saturated carbocycles. The van der Waals surface area contributed by atoms with E-state index in [0.29, 0.717) is 38.9 Å². The molecule has 33 nitrogen and oxygen atoms in total. The van der Waals surface area contributed by atoms with Gasteiger partial charge in [0, 0.05) is 29.4 Å². The normalized spacial score (nSPS) is 11.6. The van der Waals surface area contributed by atoms with Gasteiger partial charge in [0.1, 0.15) is 39.6 Å². The number of hydrogen-bond donors (Lipinski definition) is 8. The maximum Gasteiger partial charge on any atom is 0.339 e. The molecule has 3 unspecified atom stereocenters. The maximum atomic E-state index is 13.6. The van der Waals surface area contributed by atoms with E-state index in [9.17, 15) is 110 Å². The molecule has 0 bridgehead atoms. The van der Waals surface area contributed by atoms with Gasteiger partial charge >= 0.3 is 83.6 Å². The summed E-state index contributed by atoms with van der Waals surface area (Å²) < 4.78 is 81.6. The molecular formula is C104H90O33S3. The van der Waals surface area contributed by atoms with Crippen molar-refractivity contribution in [1.29, 1.82) is 0 Å². The molecule has 12 aromatic rings. The SMILES string of the molecule is CC(C)(C)c1ccc(COC(=O)c2ccc(S(=O)c3ccc(C(=O)O)c(C(=O)OCc4ccc(C(C)(C)C)cc4)c3)cc2C(=O)O)cc1.COC(=O)c1ccc(COC(=O)c2ccc(S(=O)c3ccc(C(=O)O)c(C(=O)OCc4ccc(C(=O)OC)cc4)c3)cc2C(=O)O)cc1.O=C(O)c1cc(S(=O)c2ccc(C(=O)O)c(C(=O)OCc3ccc(CO)cc3)c2)ccc1C(=O)OCc1ccc(CO)cc1. The van der Waals surface area contributed by atoms with Gasteiger partial charge in [-0.1, -0.05) is 163 Å². The van der Waals surface area contributed by atoms with E-state index in [0.717, 1.165) is 83.4 Å². The van der Waals surface area contributed by atoms with Crippen LogP contribution >= 0.6 is 0 Å². The van der Waals surface area contributed by atoms with Crippen LogP contribution in [0.2, 0.25) is 0 Å². The molecule has 0 spiro atoms. The number of carboxylic acids is 6. The average molecular weight is 1960 g/mol. The number of hydrogen-bond acceptors (Lipinski definition) is 27. The Morgan fingerprint density at radius 3 is 0.579 bits per heavy atom. The highest BCUT2D eigenvalue weighted by Crippen LogP contribution is 2.32. The first-order valence-electron chi connectivity index (χ1n) is 41.9. The Balaban J connectivity index is 0.000000216. The van der Waals surface area contributed by atoms with Gasteiger partial charge in [0.25, 0.3) is 0 Å². The quantitative estimate of drug-likeness (QED) is 0.0137. The number of carboxylic acid groups (broad SMARTS) is 6. The van der Waals surface area contributed by atoms with E-state index in [1.807, 2.05) is 48.5 Å². The lowest BCUT2D eigenvalue weighted by atomic mass is 9.87. The number of ether oxygens (including phenoxy) is 8. The van der Waals surface area contributed by atoms with E-state index in [1.165, 1.54) is 105 Å². The molecule has 0 aliphatic carbocycles. The summed E-state index contributed by atoms with van der Waals surface area (Å²) in [5, 5.41) is 76.7. The highest BCUT2D eigenvalue weighted by molar-refractivity contribution is 7.85. The number of methoxy groups -OCH3 is 2. The lowest BCUT2D eigenvalue weighted by molar-refractivity contribution is 0.0457. The Morgan fingerprint density at radius 1 is 0.221 bits per heavy atom. The summed E-state index contributed by atoms with van der Waals surface area (Å²) in [4.78, 5) is 172. The van der Waals surface area contributed by atoms with Crippen LogP contribution in [0.5, 0.6) is 0 Å². The van der Waals surface area contributed by atoms with E-state index < -0.39 is 144 Å². The fourth-order valence-electron chi connectivity index (χ4n) is 13.1. The van der Waals surface area contributed by atoms with Crippen molar-refractivity contribution in [3.63, 3.8) is 0 Å². The lowest BCUT2D eigenvalue weighted by Crippen LogP contribution is -2.14. The van der Waals surface area contributed by atoms with Crippen molar-refractivity contribution in [3.8, 4) is 0 Å². The number of esters is 8. The van der Waals surface area contributed by atoms with Crippen molar-refractivity contribution >= 4 is 116 Å². The van der Waals surface area contributed by atoms with Gasteiger partial charge in [0.15, 0.2) is 0 Å². The van der Waals surface area contributed by atoms with Crippen LogP contribution in [0.1, 0.15) is 242 Å². The third-order valence-corrected chi connectivity index (χ3v) is 25.0. The van der Waals surface area contributed by atoms with Crippen LogP contribution in [0.4, 0.5) is 0 Å². The Labute approximate surface area is 806 Å². The van der Waals surface area contributed by atoms with Crippen molar-refractivity contribution in [1.82, 2.24) is 0 Å². The Hall–Kier alpha value is -16.4. The molecule has 0 aliphatic heterocycles. The molecule has 722 valence electrons. The number of rotatable bonds is 34. The predicted molar refractivity (Wildman–Crippen MR) is 500 cm³/mol. The number of carbonyl (C=O) groups excluding carboxylic acids is 8. The van der Waals surface area contributed by atoms with Crippen LogP contribution in [0.3, 0.4) is 0 Å². The summed E-state index contributed by atoms with van der Waals surface area (Å²) in [5.41, 5.74) is 3.17. The topological polar surface area (TPSA) is 526 Å². The van der Waals surface area contributed by atoms with Crippen LogP contribution in [0.25, 0.3) is 0 Å². The lowest BCUT2D eigenvalue weighted by Gasteiger charge is -2.19. The van der Waals surface area contributed by atoms with Crippen LogP contribution in [0.15, 0.2) is 284 Å². The van der Waals surface area contributed by atoms with Crippen molar-refractivity contribution in [2.24, 2.45) is 0 Å². The van der Waals surface area contributed by atoms with Crippen LogP contribution in [-0.2, 0) is 134 Å². The molecular weight excluding hydrogens is 1870 g/mol. The largest absolute Gasteiger partial charge is 0.478 e. The molecule has 0 aliphatic rings. The van der Waals surface area contributed by atoms with E-state index in [-0.39, 0.29) is 143 Å². The van der Waals surface area contributed by atoms with E-state index >= 15 is 0 Å². The summed E-state index contributed by atoms with van der Waals surface area (Å²) in [6.07, 6.45) is 0. The number of aromatic carboxylic acids is 6. The fourth-order valence-corrected chi connectivity index (χ4v) is 16.4. The third-order valence-electron chi connectivity index (χ3n) is 21.0. The summed E-state index contributed by atoms with van der Waals surface area (Å²) >= 11 is 0. The van der Waals surface area contributed by atoms with Gasteiger partial charge in [-0.05, 0) is 200 Å². The molecule has 12 rings (SSSR count). The molecule has 140 heavy (non-hydrogen) atoms. The Bertz CT molecular complexity index is 6830. The number of carbonyl (C=O) groups is 14. The molecule has 0 amide bonds. The van der Waals surface area contributed by atoms with Gasteiger partial charge < -0.3 is 78.7 Å². The highest BCUT2D eigenvalue weighted by Gasteiger charge is 2.30. The molecule has 12 aromatic carbocycles. The van der Waals surface area contributed by atoms with Crippen LogP contribution in [-0.4, -0.2) is 151 Å². The molecule has 0 radical (unpaired) electrons. The smallest absolute Gasteiger partial charge is 0.339 e. The second kappa shape index (κ2) is 47.9. The van der Waals surface area contributed by atoms with Gasteiger partial charge in [-0.15, -0.1) is 0 Å². The summed E-state index contributed by atoms with van der Waals surface area (Å²) in [5.74, 6) is -15.5. The summed E-state index contributed by atoms with van der Waals surface area (Å²) in [7, 11) is -3.80. The summed E-state index contributed by atoms with van der Waals surface area (Å²) in [6.45, 7) is 11.1. The van der Waals surface area contributed by atoms with Crippen molar-refractivity contribution in [3.05, 3.63) is 388 Å².